The molecule has 2 fully saturated rings. The Morgan fingerprint density at radius 1 is 1.48 bits per heavy atom. The van der Waals surface area contributed by atoms with Crippen molar-refractivity contribution in [2.24, 2.45) is 5.92 Å². The lowest BCUT2D eigenvalue weighted by Crippen LogP contribution is -2.42. The summed E-state index contributed by atoms with van der Waals surface area (Å²) in [5.74, 6) is 2.40. The first kappa shape index (κ1) is 13.3. The summed E-state index contributed by atoms with van der Waals surface area (Å²) < 4.78 is 7.71. The van der Waals surface area contributed by atoms with Crippen molar-refractivity contribution in [3.8, 4) is 0 Å². The minimum Gasteiger partial charge on any atom is -0.374 e. The number of carbonyl (C=O) groups excluding carboxylic acids is 1. The Labute approximate surface area is 127 Å². The Kier molecular flexibility index (Phi) is 3.23. The fraction of sp³-hybridized carbons (Fsp3) is 0.533. The molecule has 2 atom stereocenters. The first-order valence-electron chi connectivity index (χ1n) is 7.31. The zero-order valence-electron chi connectivity index (χ0n) is 11.7. The number of Topliss-reactive ketones (excluding diaryl/α,β-unsaturated/α-hetero) is 1. The number of thioether (sulfide) groups is 1. The molecule has 0 aromatic carbocycles. The Hall–Kier alpha value is -1.40. The van der Waals surface area contributed by atoms with E-state index < -0.39 is 0 Å². The third kappa shape index (κ3) is 2.26. The summed E-state index contributed by atoms with van der Waals surface area (Å²) in [5.41, 5.74) is 1.42. The van der Waals surface area contributed by atoms with Gasteiger partial charge >= 0.3 is 0 Å². The molecule has 2 aromatic rings. The summed E-state index contributed by atoms with van der Waals surface area (Å²) in [6.07, 6.45) is 9.54. The molecule has 2 aromatic heterocycles. The van der Waals surface area contributed by atoms with Crippen molar-refractivity contribution < 1.29 is 9.53 Å². The molecule has 0 saturated carbocycles. The zero-order chi connectivity index (χ0) is 14.3. The van der Waals surface area contributed by atoms with Crippen LogP contribution in [0.3, 0.4) is 0 Å². The summed E-state index contributed by atoms with van der Waals surface area (Å²) >= 11 is 1.93. The molecule has 2 saturated heterocycles. The zero-order valence-corrected chi connectivity index (χ0v) is 12.5. The van der Waals surface area contributed by atoms with Gasteiger partial charge in [-0.2, -0.15) is 16.9 Å². The Morgan fingerprint density at radius 3 is 3.29 bits per heavy atom. The van der Waals surface area contributed by atoms with Crippen LogP contribution in [0.1, 0.15) is 29.6 Å². The summed E-state index contributed by atoms with van der Waals surface area (Å²) in [6.45, 7) is 0.689. The highest BCUT2D eigenvalue weighted by atomic mass is 32.2. The highest BCUT2D eigenvalue weighted by Gasteiger charge is 2.42. The molecule has 0 bridgehead atoms. The van der Waals surface area contributed by atoms with Crippen molar-refractivity contribution in [3.05, 3.63) is 30.4 Å². The average Bonchev–Trinajstić information content (AvgIpc) is 3.14. The number of hydrogen-bond acceptors (Lipinski definition) is 5. The lowest BCUT2D eigenvalue weighted by molar-refractivity contribution is -0.0734. The lowest BCUT2D eigenvalue weighted by atomic mass is 9.81. The molecule has 0 radical (unpaired) electrons. The van der Waals surface area contributed by atoms with Crippen molar-refractivity contribution in [2.45, 2.75) is 24.9 Å². The van der Waals surface area contributed by atoms with E-state index in [9.17, 15) is 4.79 Å². The molecule has 0 amide bonds. The molecule has 1 spiro atoms. The van der Waals surface area contributed by atoms with Gasteiger partial charge < -0.3 is 4.74 Å². The van der Waals surface area contributed by atoms with Gasteiger partial charge in [0.05, 0.1) is 29.1 Å². The van der Waals surface area contributed by atoms with Crippen LogP contribution >= 0.6 is 11.8 Å². The summed E-state index contributed by atoms with van der Waals surface area (Å²) in [4.78, 5) is 17.0. The Morgan fingerprint density at radius 2 is 2.43 bits per heavy atom. The molecule has 2 aliphatic heterocycles. The third-order valence-corrected chi connectivity index (χ3v) is 5.74. The van der Waals surface area contributed by atoms with Crippen molar-refractivity contribution in [1.29, 1.82) is 0 Å². The van der Waals surface area contributed by atoms with Gasteiger partial charge in [-0.1, -0.05) is 0 Å². The van der Waals surface area contributed by atoms with Crippen molar-refractivity contribution in [3.63, 3.8) is 0 Å². The Balaban J connectivity index is 1.62. The second kappa shape index (κ2) is 5.10. The van der Waals surface area contributed by atoms with E-state index in [0.29, 0.717) is 12.2 Å². The second-order valence-electron chi connectivity index (χ2n) is 5.85. The van der Waals surface area contributed by atoms with E-state index in [1.807, 2.05) is 11.8 Å². The second-order valence-corrected chi connectivity index (χ2v) is 6.96. The summed E-state index contributed by atoms with van der Waals surface area (Å²) in [5, 5.41) is 4.24. The fourth-order valence-electron chi connectivity index (χ4n) is 3.36. The number of nitrogens with zero attached hydrogens (tertiary/aromatic N) is 3. The van der Waals surface area contributed by atoms with Gasteiger partial charge in [-0.3, -0.25) is 9.78 Å². The van der Waals surface area contributed by atoms with E-state index in [0.717, 1.165) is 36.3 Å². The van der Waals surface area contributed by atoms with Crippen LogP contribution < -0.4 is 0 Å². The van der Waals surface area contributed by atoms with Gasteiger partial charge in [0, 0.05) is 30.7 Å². The van der Waals surface area contributed by atoms with E-state index in [4.69, 9.17) is 4.74 Å². The van der Waals surface area contributed by atoms with E-state index in [1.165, 1.54) is 0 Å². The number of hydrogen-bond donors (Lipinski definition) is 0. The highest BCUT2D eigenvalue weighted by Crippen LogP contribution is 2.41. The third-order valence-electron chi connectivity index (χ3n) is 4.52. The van der Waals surface area contributed by atoms with Gasteiger partial charge in [0.15, 0.2) is 5.78 Å². The average molecular weight is 303 g/mol. The molecule has 21 heavy (non-hydrogen) atoms. The first-order chi connectivity index (χ1) is 10.3. The van der Waals surface area contributed by atoms with Crippen LogP contribution in [-0.2, 0) is 4.74 Å². The SMILES string of the molecule is O=C(c1cnn2ccncc12)C1CCOC2(CCSC2)C1. The molecule has 110 valence electrons. The highest BCUT2D eigenvalue weighted by molar-refractivity contribution is 7.99. The number of ether oxygens (including phenoxy) is 1. The van der Waals surface area contributed by atoms with Gasteiger partial charge in [0.25, 0.3) is 0 Å². The van der Waals surface area contributed by atoms with Gasteiger partial charge in [-0.05, 0) is 25.0 Å². The molecule has 4 heterocycles. The fourth-order valence-corrected chi connectivity index (χ4v) is 4.74. The lowest BCUT2D eigenvalue weighted by Gasteiger charge is -2.37. The van der Waals surface area contributed by atoms with Gasteiger partial charge in [0.1, 0.15) is 0 Å². The van der Waals surface area contributed by atoms with E-state index in [-0.39, 0.29) is 17.3 Å². The standard InChI is InChI=1S/C15H17N3O2S/c19-14(12-8-17-18-4-3-16-9-13(12)18)11-1-5-20-15(7-11)2-6-21-10-15/h3-4,8-9,11H,1-2,5-7,10H2. The summed E-state index contributed by atoms with van der Waals surface area (Å²) in [6, 6.07) is 0. The number of fused-ring (bicyclic) bond motifs is 1. The molecule has 4 rings (SSSR count). The molecule has 2 unspecified atom stereocenters. The van der Waals surface area contributed by atoms with Crippen molar-refractivity contribution in [1.82, 2.24) is 14.6 Å². The number of carbonyl (C=O) groups is 1. The maximum absolute atomic E-state index is 12.9. The van der Waals surface area contributed by atoms with Crippen LogP contribution in [0.5, 0.6) is 0 Å². The van der Waals surface area contributed by atoms with Crippen molar-refractivity contribution >= 4 is 23.1 Å². The van der Waals surface area contributed by atoms with Crippen LogP contribution in [0.25, 0.3) is 5.52 Å². The van der Waals surface area contributed by atoms with Crippen LogP contribution in [0.15, 0.2) is 24.8 Å². The Bertz CT molecular complexity index is 678. The van der Waals surface area contributed by atoms with Crippen LogP contribution in [0.4, 0.5) is 0 Å². The van der Waals surface area contributed by atoms with Gasteiger partial charge in [0.2, 0.25) is 0 Å². The molecule has 5 nitrogen and oxygen atoms in total. The molecular weight excluding hydrogens is 286 g/mol. The summed E-state index contributed by atoms with van der Waals surface area (Å²) in [7, 11) is 0. The van der Waals surface area contributed by atoms with E-state index in [2.05, 4.69) is 10.1 Å². The number of ketones is 1. The monoisotopic (exact) mass is 303 g/mol. The maximum atomic E-state index is 12.9. The molecule has 6 heteroatoms. The van der Waals surface area contributed by atoms with Gasteiger partial charge in [-0.25, -0.2) is 4.52 Å². The quantitative estimate of drug-likeness (QED) is 0.796. The predicted octanol–water partition coefficient (Wildman–Crippen LogP) is 2.21. The number of rotatable bonds is 2. The predicted molar refractivity (Wildman–Crippen MR) is 80.7 cm³/mol. The minimum atomic E-state index is -0.0650. The topological polar surface area (TPSA) is 56.5 Å². The van der Waals surface area contributed by atoms with Crippen LogP contribution in [0, 0.1) is 5.92 Å². The largest absolute Gasteiger partial charge is 0.374 e. The maximum Gasteiger partial charge on any atom is 0.169 e. The first-order valence-corrected chi connectivity index (χ1v) is 8.46. The van der Waals surface area contributed by atoms with Gasteiger partial charge in [-0.15, -0.1) is 0 Å². The van der Waals surface area contributed by atoms with Crippen LogP contribution in [-0.4, -0.2) is 44.1 Å². The van der Waals surface area contributed by atoms with E-state index >= 15 is 0 Å². The van der Waals surface area contributed by atoms with Crippen LogP contribution in [0.2, 0.25) is 0 Å². The number of aromatic nitrogens is 3. The molecule has 0 N–H and O–H groups in total. The van der Waals surface area contributed by atoms with Crippen molar-refractivity contribution in [2.75, 3.05) is 18.1 Å². The molecule has 2 aliphatic rings. The van der Waals surface area contributed by atoms with E-state index in [1.54, 1.807) is 29.3 Å². The smallest absolute Gasteiger partial charge is 0.169 e. The normalized spacial score (nSPS) is 29.2. The minimum absolute atomic E-state index is 0.0469. The molecule has 0 aliphatic carbocycles. The molecular formula is C15H17N3O2S.